The summed E-state index contributed by atoms with van der Waals surface area (Å²) in [5, 5.41) is 13.4. The molecule has 0 radical (unpaired) electrons. The number of esters is 1. The van der Waals surface area contributed by atoms with Gasteiger partial charge >= 0.3 is 18.2 Å². The van der Waals surface area contributed by atoms with Gasteiger partial charge in [-0.2, -0.15) is 18.3 Å². The standard InChI is InChI=1S/C28H24ClF3N4O6S/c1-42-25(38)23(16-6-8-34(9-7-16)26(39)40)36-24(37)22(43-27(36)41)11-15-2-5-21-18(10-15)13-33-35(21)14-17-3-4-19(29)12-20(17)28(30,31)32/h2-5,10-13,16,23H,6-9,14H2,1H3,(H,39,40). The van der Waals surface area contributed by atoms with Crippen molar-refractivity contribution in [3.63, 3.8) is 0 Å². The summed E-state index contributed by atoms with van der Waals surface area (Å²) in [7, 11) is 1.16. The molecule has 3 amide bonds. The summed E-state index contributed by atoms with van der Waals surface area (Å²) in [5.41, 5.74) is 0.221. The van der Waals surface area contributed by atoms with E-state index in [1.54, 1.807) is 18.2 Å². The summed E-state index contributed by atoms with van der Waals surface area (Å²) in [5.74, 6) is -1.92. The van der Waals surface area contributed by atoms with Crippen LogP contribution in [0.5, 0.6) is 0 Å². The fourth-order valence-corrected chi connectivity index (χ4v) is 6.38. The number of nitrogens with zero attached hydrogens (tertiary/aromatic N) is 4. The zero-order valence-corrected chi connectivity index (χ0v) is 24.1. The predicted octanol–water partition coefficient (Wildman–Crippen LogP) is 5.72. The molecule has 5 rings (SSSR count). The summed E-state index contributed by atoms with van der Waals surface area (Å²) < 4.78 is 47.0. The van der Waals surface area contributed by atoms with Crippen LogP contribution in [-0.2, 0) is 27.0 Å². The monoisotopic (exact) mass is 636 g/mol. The molecule has 0 saturated carbocycles. The second-order valence-corrected chi connectivity index (χ2v) is 11.5. The molecule has 1 aromatic heterocycles. The number of hydrogen-bond donors (Lipinski definition) is 1. The predicted molar refractivity (Wildman–Crippen MR) is 151 cm³/mol. The van der Waals surface area contributed by atoms with Crippen molar-refractivity contribution in [3.05, 3.63) is 69.2 Å². The fourth-order valence-electron chi connectivity index (χ4n) is 5.34. The summed E-state index contributed by atoms with van der Waals surface area (Å²) in [4.78, 5) is 52.6. The van der Waals surface area contributed by atoms with Crippen molar-refractivity contribution < 1.29 is 42.2 Å². The number of rotatable bonds is 6. The topological polar surface area (TPSA) is 122 Å². The van der Waals surface area contributed by atoms with Gasteiger partial charge in [0.2, 0.25) is 0 Å². The lowest BCUT2D eigenvalue weighted by Crippen LogP contribution is -2.52. The molecule has 0 spiro atoms. The summed E-state index contributed by atoms with van der Waals surface area (Å²) >= 11 is 6.46. The normalized spacial score (nSPS) is 18.1. The average molecular weight is 637 g/mol. The van der Waals surface area contributed by atoms with E-state index in [-0.39, 0.29) is 48.0 Å². The van der Waals surface area contributed by atoms with E-state index < -0.39 is 46.9 Å². The number of alkyl halides is 3. The molecule has 2 aromatic carbocycles. The number of imide groups is 1. The number of carbonyl (C=O) groups is 4. The Morgan fingerprint density at radius 3 is 2.56 bits per heavy atom. The van der Waals surface area contributed by atoms with Crippen LogP contribution in [0.25, 0.3) is 17.0 Å². The minimum absolute atomic E-state index is 0.00607. The van der Waals surface area contributed by atoms with E-state index in [0.717, 1.165) is 18.1 Å². The van der Waals surface area contributed by atoms with Gasteiger partial charge in [-0.05, 0) is 72.0 Å². The lowest BCUT2D eigenvalue weighted by molar-refractivity contribution is -0.151. The molecular weight excluding hydrogens is 613 g/mol. The highest BCUT2D eigenvalue weighted by molar-refractivity contribution is 8.18. The van der Waals surface area contributed by atoms with Crippen molar-refractivity contribution in [2.45, 2.75) is 31.6 Å². The lowest BCUT2D eigenvalue weighted by atomic mass is 9.88. The zero-order valence-electron chi connectivity index (χ0n) is 22.5. The first-order chi connectivity index (χ1) is 20.4. The number of benzene rings is 2. The number of aromatic nitrogens is 2. The maximum atomic E-state index is 13.6. The fraction of sp³-hybridized carbons (Fsp3) is 0.321. The Kier molecular flexibility index (Phi) is 8.43. The molecule has 43 heavy (non-hydrogen) atoms. The molecule has 3 heterocycles. The highest BCUT2D eigenvalue weighted by atomic mass is 35.5. The highest BCUT2D eigenvalue weighted by Gasteiger charge is 2.47. The van der Waals surface area contributed by atoms with Gasteiger partial charge in [-0.1, -0.05) is 23.7 Å². The van der Waals surface area contributed by atoms with Gasteiger partial charge in [0.1, 0.15) is 6.04 Å². The van der Waals surface area contributed by atoms with Crippen molar-refractivity contribution >= 4 is 63.6 Å². The van der Waals surface area contributed by atoms with Gasteiger partial charge in [0.25, 0.3) is 11.1 Å². The van der Waals surface area contributed by atoms with E-state index in [1.807, 2.05) is 0 Å². The molecule has 3 aromatic rings. The van der Waals surface area contributed by atoms with E-state index in [1.165, 1.54) is 34.0 Å². The van der Waals surface area contributed by atoms with Crippen LogP contribution < -0.4 is 0 Å². The number of likely N-dealkylation sites (tertiary alicyclic amines) is 1. The molecule has 1 unspecified atom stereocenters. The summed E-state index contributed by atoms with van der Waals surface area (Å²) in [6.45, 7) is 0.152. The first-order valence-corrected chi connectivity index (χ1v) is 14.2. The van der Waals surface area contributed by atoms with E-state index in [2.05, 4.69) is 5.10 Å². The van der Waals surface area contributed by atoms with Crippen molar-refractivity contribution in [2.24, 2.45) is 5.92 Å². The largest absolute Gasteiger partial charge is 0.467 e. The Balaban J connectivity index is 1.38. The molecule has 0 bridgehead atoms. The van der Waals surface area contributed by atoms with E-state index in [0.29, 0.717) is 28.2 Å². The summed E-state index contributed by atoms with van der Waals surface area (Å²) in [6.07, 6.45) is -2.16. The second kappa shape index (κ2) is 11.9. The van der Waals surface area contributed by atoms with Gasteiger partial charge in [0, 0.05) is 23.5 Å². The van der Waals surface area contributed by atoms with Crippen LogP contribution in [0.4, 0.5) is 22.8 Å². The van der Waals surface area contributed by atoms with Gasteiger partial charge in [-0.15, -0.1) is 0 Å². The number of piperidine rings is 1. The van der Waals surface area contributed by atoms with Gasteiger partial charge in [0.15, 0.2) is 0 Å². The number of carbonyl (C=O) groups excluding carboxylic acids is 3. The van der Waals surface area contributed by atoms with Gasteiger partial charge in [-0.3, -0.25) is 19.2 Å². The molecular formula is C28H24ClF3N4O6S. The smallest absolute Gasteiger partial charge is 0.416 e. The van der Waals surface area contributed by atoms with Crippen LogP contribution in [0.1, 0.15) is 29.5 Å². The van der Waals surface area contributed by atoms with Crippen LogP contribution in [0.3, 0.4) is 0 Å². The maximum Gasteiger partial charge on any atom is 0.416 e. The summed E-state index contributed by atoms with van der Waals surface area (Å²) in [6, 6.07) is 7.33. The Labute approximate surface area is 252 Å². The van der Waals surface area contributed by atoms with Gasteiger partial charge in [0.05, 0.1) is 35.8 Å². The third-order valence-electron chi connectivity index (χ3n) is 7.46. The van der Waals surface area contributed by atoms with E-state index in [4.69, 9.17) is 16.3 Å². The Morgan fingerprint density at radius 2 is 1.91 bits per heavy atom. The average Bonchev–Trinajstić information content (AvgIpc) is 3.48. The van der Waals surface area contributed by atoms with Crippen LogP contribution in [0.15, 0.2) is 47.5 Å². The number of ether oxygens (including phenoxy) is 1. The molecule has 1 N–H and O–H groups in total. The molecule has 0 aliphatic carbocycles. The number of thioether (sulfide) groups is 1. The second-order valence-electron chi connectivity index (χ2n) is 10.0. The molecule has 2 aliphatic heterocycles. The third kappa shape index (κ3) is 6.20. The quantitative estimate of drug-likeness (QED) is 0.269. The number of fused-ring (bicyclic) bond motifs is 1. The van der Waals surface area contributed by atoms with Crippen molar-refractivity contribution in [1.29, 1.82) is 0 Å². The van der Waals surface area contributed by atoms with Crippen LogP contribution >= 0.6 is 23.4 Å². The molecule has 226 valence electrons. The highest BCUT2D eigenvalue weighted by Crippen LogP contribution is 2.38. The van der Waals surface area contributed by atoms with E-state index in [9.17, 15) is 37.5 Å². The minimum atomic E-state index is -4.60. The van der Waals surface area contributed by atoms with Gasteiger partial charge < -0.3 is 14.7 Å². The Bertz CT molecular complexity index is 1650. The first-order valence-electron chi connectivity index (χ1n) is 13.0. The maximum absolute atomic E-state index is 13.6. The Hall–Kier alpha value is -4.04. The van der Waals surface area contributed by atoms with Crippen molar-refractivity contribution in [1.82, 2.24) is 19.6 Å². The number of carboxylic acid groups (broad SMARTS) is 1. The van der Waals surface area contributed by atoms with Crippen LogP contribution in [-0.4, -0.2) is 74.1 Å². The van der Waals surface area contributed by atoms with Crippen molar-refractivity contribution in [2.75, 3.05) is 20.2 Å². The number of halogens is 4. The SMILES string of the molecule is COC(=O)C(C1CCN(C(=O)O)CC1)N1C(=O)SC(=Cc2ccc3c(cnn3Cc3ccc(Cl)cc3C(F)(F)F)c2)C1=O. The lowest BCUT2D eigenvalue weighted by Gasteiger charge is -2.36. The van der Waals surface area contributed by atoms with Gasteiger partial charge in [-0.25, -0.2) is 9.59 Å². The molecule has 2 aliphatic rings. The molecule has 2 fully saturated rings. The molecule has 10 nitrogen and oxygen atoms in total. The molecule has 2 saturated heterocycles. The molecule has 15 heteroatoms. The van der Waals surface area contributed by atoms with E-state index >= 15 is 0 Å². The minimum Gasteiger partial charge on any atom is -0.467 e. The zero-order chi connectivity index (χ0) is 31.1. The Morgan fingerprint density at radius 1 is 1.19 bits per heavy atom. The van der Waals surface area contributed by atoms with Crippen LogP contribution in [0, 0.1) is 5.92 Å². The van der Waals surface area contributed by atoms with Crippen molar-refractivity contribution in [3.8, 4) is 0 Å². The molecule has 1 atom stereocenters. The first kappa shape index (κ1) is 30.4. The number of methoxy groups -OCH3 is 1. The number of hydrogen-bond acceptors (Lipinski definition) is 7. The third-order valence-corrected chi connectivity index (χ3v) is 8.58. The van der Waals surface area contributed by atoms with Crippen LogP contribution in [0.2, 0.25) is 5.02 Å². The number of amides is 3.